The number of rotatable bonds is 3. The topological polar surface area (TPSA) is 21.3 Å². The SMILES string of the molecule is CONCc1ccccc1Cl.Cl. The van der Waals surface area contributed by atoms with Crippen molar-refractivity contribution in [3.63, 3.8) is 0 Å². The third kappa shape index (κ3) is 3.41. The molecular weight excluding hydrogens is 197 g/mol. The van der Waals surface area contributed by atoms with Crippen LogP contribution in [0.25, 0.3) is 0 Å². The number of benzene rings is 1. The lowest BCUT2D eigenvalue weighted by Crippen LogP contribution is -2.10. The van der Waals surface area contributed by atoms with Crippen molar-refractivity contribution < 1.29 is 4.84 Å². The second kappa shape index (κ2) is 6.26. The monoisotopic (exact) mass is 207 g/mol. The van der Waals surface area contributed by atoms with Gasteiger partial charge in [-0.05, 0) is 11.6 Å². The first kappa shape index (κ1) is 11.7. The molecule has 1 aromatic carbocycles. The maximum absolute atomic E-state index is 5.86. The molecule has 0 unspecified atom stereocenters. The van der Waals surface area contributed by atoms with Gasteiger partial charge in [-0.1, -0.05) is 29.8 Å². The predicted octanol–water partition coefficient (Wildman–Crippen LogP) is 2.41. The van der Waals surface area contributed by atoms with E-state index < -0.39 is 0 Å². The van der Waals surface area contributed by atoms with Gasteiger partial charge in [-0.15, -0.1) is 12.4 Å². The molecule has 0 saturated carbocycles. The van der Waals surface area contributed by atoms with Crippen molar-refractivity contribution in [2.24, 2.45) is 0 Å². The lowest BCUT2D eigenvalue weighted by atomic mass is 10.2. The highest BCUT2D eigenvalue weighted by molar-refractivity contribution is 6.31. The molecule has 0 aliphatic rings. The molecule has 0 heterocycles. The van der Waals surface area contributed by atoms with Crippen molar-refractivity contribution in [3.8, 4) is 0 Å². The van der Waals surface area contributed by atoms with E-state index in [2.05, 4.69) is 5.48 Å². The minimum Gasteiger partial charge on any atom is -0.305 e. The van der Waals surface area contributed by atoms with Gasteiger partial charge >= 0.3 is 0 Å². The Morgan fingerprint density at radius 3 is 2.67 bits per heavy atom. The van der Waals surface area contributed by atoms with Crippen molar-refractivity contribution in [1.82, 2.24) is 5.48 Å². The maximum Gasteiger partial charge on any atom is 0.0572 e. The third-order valence-corrected chi connectivity index (χ3v) is 1.73. The summed E-state index contributed by atoms with van der Waals surface area (Å²) in [5, 5.41) is 0.761. The Kier molecular flexibility index (Phi) is 6.11. The van der Waals surface area contributed by atoms with E-state index in [0.717, 1.165) is 10.6 Å². The summed E-state index contributed by atoms with van der Waals surface area (Å²) in [5.41, 5.74) is 3.76. The molecule has 4 heteroatoms. The summed E-state index contributed by atoms with van der Waals surface area (Å²) in [6.45, 7) is 0.635. The molecule has 0 saturated heterocycles. The molecule has 0 amide bonds. The quantitative estimate of drug-likeness (QED) is 0.770. The first-order chi connectivity index (χ1) is 5.34. The second-order valence-corrected chi connectivity index (χ2v) is 2.52. The normalized spacial score (nSPS) is 9.17. The van der Waals surface area contributed by atoms with Crippen molar-refractivity contribution in [3.05, 3.63) is 34.9 Å². The maximum atomic E-state index is 5.86. The van der Waals surface area contributed by atoms with Gasteiger partial charge < -0.3 is 4.84 Å². The lowest BCUT2D eigenvalue weighted by Gasteiger charge is -2.02. The van der Waals surface area contributed by atoms with Crippen LogP contribution in [0.15, 0.2) is 24.3 Å². The zero-order chi connectivity index (χ0) is 8.10. The highest BCUT2D eigenvalue weighted by Gasteiger charge is 1.95. The average molecular weight is 208 g/mol. The number of halogens is 2. The molecular formula is C8H11Cl2NO. The second-order valence-electron chi connectivity index (χ2n) is 2.12. The molecule has 68 valence electrons. The molecule has 1 aromatic rings. The van der Waals surface area contributed by atoms with Gasteiger partial charge in [-0.25, -0.2) is 0 Å². The van der Waals surface area contributed by atoms with Gasteiger partial charge in [0.1, 0.15) is 0 Å². The summed E-state index contributed by atoms with van der Waals surface area (Å²) in [6, 6.07) is 7.65. The van der Waals surface area contributed by atoms with Crippen molar-refractivity contribution in [1.29, 1.82) is 0 Å². The standard InChI is InChI=1S/C8H10ClNO.ClH/c1-11-10-6-7-4-2-3-5-8(7)9;/h2-5,10H,6H2,1H3;1H. The Morgan fingerprint density at radius 2 is 2.08 bits per heavy atom. The Hall–Kier alpha value is -0.280. The number of hydroxylamine groups is 1. The van der Waals surface area contributed by atoms with Gasteiger partial charge in [0.05, 0.1) is 7.11 Å². The summed E-state index contributed by atoms with van der Waals surface area (Å²) >= 11 is 5.86. The summed E-state index contributed by atoms with van der Waals surface area (Å²) in [7, 11) is 1.58. The molecule has 0 aliphatic heterocycles. The summed E-state index contributed by atoms with van der Waals surface area (Å²) in [6.07, 6.45) is 0. The van der Waals surface area contributed by atoms with E-state index in [9.17, 15) is 0 Å². The minimum absolute atomic E-state index is 0. The molecule has 2 nitrogen and oxygen atoms in total. The van der Waals surface area contributed by atoms with Gasteiger partial charge in [0.2, 0.25) is 0 Å². The zero-order valence-electron chi connectivity index (χ0n) is 6.71. The van der Waals surface area contributed by atoms with Crippen LogP contribution in [0, 0.1) is 0 Å². The Balaban J connectivity index is 0.00000121. The van der Waals surface area contributed by atoms with E-state index in [1.54, 1.807) is 7.11 Å². The Morgan fingerprint density at radius 1 is 1.42 bits per heavy atom. The van der Waals surface area contributed by atoms with E-state index in [-0.39, 0.29) is 12.4 Å². The van der Waals surface area contributed by atoms with E-state index in [1.165, 1.54) is 0 Å². The largest absolute Gasteiger partial charge is 0.305 e. The Bertz CT molecular complexity index is 230. The molecule has 0 spiro atoms. The summed E-state index contributed by atoms with van der Waals surface area (Å²) < 4.78 is 0. The first-order valence-corrected chi connectivity index (χ1v) is 3.71. The smallest absolute Gasteiger partial charge is 0.0572 e. The van der Waals surface area contributed by atoms with Gasteiger partial charge in [0.15, 0.2) is 0 Å². The van der Waals surface area contributed by atoms with Crippen LogP contribution in [-0.4, -0.2) is 7.11 Å². The van der Waals surface area contributed by atoms with E-state index in [0.29, 0.717) is 6.54 Å². The van der Waals surface area contributed by atoms with Crippen molar-refractivity contribution in [2.45, 2.75) is 6.54 Å². The highest BCUT2D eigenvalue weighted by Crippen LogP contribution is 2.13. The fraction of sp³-hybridized carbons (Fsp3) is 0.250. The molecule has 0 atom stereocenters. The number of hydrogen-bond acceptors (Lipinski definition) is 2. The molecule has 0 aromatic heterocycles. The van der Waals surface area contributed by atoms with Crippen molar-refractivity contribution in [2.75, 3.05) is 7.11 Å². The van der Waals surface area contributed by atoms with Gasteiger partial charge in [0.25, 0.3) is 0 Å². The molecule has 1 N–H and O–H groups in total. The molecule has 0 fully saturated rings. The van der Waals surface area contributed by atoms with Gasteiger partial charge in [-0.2, -0.15) is 5.48 Å². The van der Waals surface area contributed by atoms with E-state index in [1.807, 2.05) is 24.3 Å². The summed E-state index contributed by atoms with van der Waals surface area (Å²) in [5.74, 6) is 0. The summed E-state index contributed by atoms with van der Waals surface area (Å²) in [4.78, 5) is 4.69. The molecule has 0 radical (unpaired) electrons. The van der Waals surface area contributed by atoms with Crippen LogP contribution < -0.4 is 5.48 Å². The van der Waals surface area contributed by atoms with Crippen LogP contribution in [0.2, 0.25) is 5.02 Å². The zero-order valence-corrected chi connectivity index (χ0v) is 8.28. The molecule has 0 bridgehead atoms. The van der Waals surface area contributed by atoms with E-state index in [4.69, 9.17) is 16.4 Å². The number of nitrogens with one attached hydrogen (secondary N) is 1. The molecule has 12 heavy (non-hydrogen) atoms. The number of hydrogen-bond donors (Lipinski definition) is 1. The van der Waals surface area contributed by atoms with Crippen LogP contribution in [0.5, 0.6) is 0 Å². The minimum atomic E-state index is 0. The van der Waals surface area contributed by atoms with Gasteiger partial charge in [0, 0.05) is 11.6 Å². The van der Waals surface area contributed by atoms with Crippen LogP contribution in [0.4, 0.5) is 0 Å². The lowest BCUT2D eigenvalue weighted by molar-refractivity contribution is 0.0867. The highest BCUT2D eigenvalue weighted by atomic mass is 35.5. The predicted molar refractivity (Wildman–Crippen MR) is 52.5 cm³/mol. The van der Waals surface area contributed by atoms with Crippen LogP contribution >= 0.6 is 24.0 Å². The molecule has 0 aliphatic carbocycles. The fourth-order valence-electron chi connectivity index (χ4n) is 0.792. The average Bonchev–Trinajstić information content (AvgIpc) is 2.03. The van der Waals surface area contributed by atoms with Crippen LogP contribution in [0.3, 0.4) is 0 Å². The Labute approximate surface area is 83.2 Å². The van der Waals surface area contributed by atoms with Crippen molar-refractivity contribution >= 4 is 24.0 Å². The van der Waals surface area contributed by atoms with E-state index >= 15 is 0 Å². The van der Waals surface area contributed by atoms with Crippen LogP contribution in [-0.2, 0) is 11.4 Å². The van der Waals surface area contributed by atoms with Crippen LogP contribution in [0.1, 0.15) is 5.56 Å². The fourth-order valence-corrected chi connectivity index (χ4v) is 0.994. The van der Waals surface area contributed by atoms with Gasteiger partial charge in [-0.3, -0.25) is 0 Å². The third-order valence-electron chi connectivity index (χ3n) is 1.36. The first-order valence-electron chi connectivity index (χ1n) is 3.34. The molecule has 1 rings (SSSR count).